The molecule has 0 saturated heterocycles. The van der Waals surface area contributed by atoms with Crippen molar-refractivity contribution < 1.29 is 4.74 Å². The van der Waals surface area contributed by atoms with Crippen molar-refractivity contribution in [1.29, 1.82) is 0 Å². The highest BCUT2D eigenvalue weighted by Gasteiger charge is 2.08. The Bertz CT molecular complexity index is 526. The molecule has 17 heavy (non-hydrogen) atoms. The summed E-state index contributed by atoms with van der Waals surface area (Å²) in [5, 5.41) is 0. The van der Waals surface area contributed by atoms with Crippen LogP contribution in [0.25, 0.3) is 11.1 Å². The number of hydrogen-bond acceptors (Lipinski definition) is 4. The average molecular weight is 229 g/mol. The fourth-order valence-electron chi connectivity index (χ4n) is 1.68. The number of aryl methyl sites for hydroxylation is 1. The van der Waals surface area contributed by atoms with Crippen LogP contribution < -0.4 is 10.5 Å². The zero-order valence-electron chi connectivity index (χ0n) is 9.97. The summed E-state index contributed by atoms with van der Waals surface area (Å²) in [6, 6.07) is 5.76. The van der Waals surface area contributed by atoms with Crippen LogP contribution in [-0.2, 0) is 6.42 Å². The predicted octanol–water partition coefficient (Wildman–Crippen LogP) is 2.30. The second-order valence-electron chi connectivity index (χ2n) is 3.70. The molecule has 2 aromatic heterocycles. The largest absolute Gasteiger partial charge is 0.494 e. The number of methoxy groups -OCH3 is 1. The second kappa shape index (κ2) is 4.82. The first kappa shape index (κ1) is 11.4. The van der Waals surface area contributed by atoms with Crippen LogP contribution in [0.3, 0.4) is 0 Å². The molecule has 0 aliphatic carbocycles. The Balaban J connectivity index is 2.56. The highest BCUT2D eigenvalue weighted by Crippen LogP contribution is 2.30. The van der Waals surface area contributed by atoms with Crippen molar-refractivity contribution in [2.24, 2.45) is 0 Å². The van der Waals surface area contributed by atoms with Gasteiger partial charge in [-0.05, 0) is 30.2 Å². The molecule has 0 unspecified atom stereocenters. The molecule has 2 heterocycles. The van der Waals surface area contributed by atoms with Gasteiger partial charge < -0.3 is 10.5 Å². The fraction of sp³-hybridized carbons (Fsp3) is 0.231. The van der Waals surface area contributed by atoms with Gasteiger partial charge in [-0.3, -0.25) is 4.98 Å². The van der Waals surface area contributed by atoms with Crippen molar-refractivity contribution in [3.05, 3.63) is 36.3 Å². The van der Waals surface area contributed by atoms with Crippen molar-refractivity contribution in [3.8, 4) is 16.9 Å². The Kier molecular flexibility index (Phi) is 3.23. The minimum Gasteiger partial charge on any atom is -0.494 e. The van der Waals surface area contributed by atoms with E-state index in [9.17, 15) is 0 Å². The molecular formula is C13H15N3O. The summed E-state index contributed by atoms with van der Waals surface area (Å²) in [5.41, 5.74) is 8.70. The van der Waals surface area contributed by atoms with Crippen LogP contribution in [0, 0.1) is 0 Å². The van der Waals surface area contributed by atoms with Gasteiger partial charge in [0.1, 0.15) is 11.6 Å². The number of anilines is 1. The summed E-state index contributed by atoms with van der Waals surface area (Å²) in [7, 11) is 1.64. The number of nitrogen functional groups attached to an aromatic ring is 1. The SMILES string of the molecule is CCc1cc(-c2ccnc(N)c2)c(OC)cn1. The molecule has 0 bridgehead atoms. The lowest BCUT2D eigenvalue weighted by Crippen LogP contribution is -1.95. The molecule has 2 aromatic rings. The molecule has 0 amide bonds. The van der Waals surface area contributed by atoms with E-state index in [4.69, 9.17) is 10.5 Å². The summed E-state index contributed by atoms with van der Waals surface area (Å²) < 4.78 is 5.32. The Morgan fingerprint density at radius 2 is 2.12 bits per heavy atom. The lowest BCUT2D eigenvalue weighted by atomic mass is 10.1. The van der Waals surface area contributed by atoms with Crippen molar-refractivity contribution >= 4 is 5.82 Å². The number of nitrogens with two attached hydrogens (primary N) is 1. The lowest BCUT2D eigenvalue weighted by Gasteiger charge is -2.09. The quantitative estimate of drug-likeness (QED) is 0.877. The number of aromatic nitrogens is 2. The van der Waals surface area contributed by atoms with Gasteiger partial charge >= 0.3 is 0 Å². The Hall–Kier alpha value is -2.10. The summed E-state index contributed by atoms with van der Waals surface area (Å²) in [6.45, 7) is 2.07. The first-order chi connectivity index (χ1) is 8.24. The number of ether oxygens (including phenoxy) is 1. The number of pyridine rings is 2. The maximum absolute atomic E-state index is 5.69. The van der Waals surface area contributed by atoms with Crippen LogP contribution in [-0.4, -0.2) is 17.1 Å². The molecule has 0 fully saturated rings. The van der Waals surface area contributed by atoms with Crippen LogP contribution in [0.1, 0.15) is 12.6 Å². The Morgan fingerprint density at radius 1 is 1.29 bits per heavy atom. The highest BCUT2D eigenvalue weighted by atomic mass is 16.5. The molecule has 0 aromatic carbocycles. The van der Waals surface area contributed by atoms with Crippen LogP contribution >= 0.6 is 0 Å². The smallest absolute Gasteiger partial charge is 0.144 e. The van der Waals surface area contributed by atoms with E-state index in [1.807, 2.05) is 18.2 Å². The Morgan fingerprint density at radius 3 is 2.76 bits per heavy atom. The molecule has 4 heteroatoms. The van der Waals surface area contributed by atoms with Gasteiger partial charge in [0.15, 0.2) is 0 Å². The number of rotatable bonds is 3. The first-order valence-corrected chi connectivity index (χ1v) is 5.49. The summed E-state index contributed by atoms with van der Waals surface area (Å²) in [6.07, 6.45) is 4.32. The van der Waals surface area contributed by atoms with Crippen molar-refractivity contribution in [3.63, 3.8) is 0 Å². The zero-order chi connectivity index (χ0) is 12.3. The van der Waals surface area contributed by atoms with Gasteiger partial charge in [-0.25, -0.2) is 4.98 Å². The summed E-state index contributed by atoms with van der Waals surface area (Å²) in [4.78, 5) is 8.29. The third kappa shape index (κ3) is 2.36. The van der Waals surface area contributed by atoms with E-state index in [0.717, 1.165) is 29.0 Å². The molecule has 0 atom stereocenters. The van der Waals surface area contributed by atoms with Crippen LogP contribution in [0.5, 0.6) is 5.75 Å². The van der Waals surface area contributed by atoms with E-state index < -0.39 is 0 Å². The molecule has 0 radical (unpaired) electrons. The van der Waals surface area contributed by atoms with Crippen LogP contribution in [0.2, 0.25) is 0 Å². The maximum atomic E-state index is 5.69. The molecule has 0 aliphatic heterocycles. The molecule has 0 aliphatic rings. The van der Waals surface area contributed by atoms with Crippen molar-refractivity contribution in [2.45, 2.75) is 13.3 Å². The van der Waals surface area contributed by atoms with Crippen molar-refractivity contribution in [2.75, 3.05) is 12.8 Å². The standard InChI is InChI=1S/C13H15N3O/c1-3-10-7-11(12(17-2)8-16-10)9-4-5-15-13(14)6-9/h4-8H,3H2,1-2H3,(H2,14,15). The molecule has 0 saturated carbocycles. The minimum atomic E-state index is 0.499. The van der Waals surface area contributed by atoms with E-state index in [0.29, 0.717) is 5.82 Å². The van der Waals surface area contributed by atoms with Crippen LogP contribution in [0.4, 0.5) is 5.82 Å². The third-order valence-corrected chi connectivity index (χ3v) is 2.60. The van der Waals surface area contributed by atoms with Crippen molar-refractivity contribution in [1.82, 2.24) is 9.97 Å². The van der Waals surface area contributed by atoms with Gasteiger partial charge in [-0.2, -0.15) is 0 Å². The lowest BCUT2D eigenvalue weighted by molar-refractivity contribution is 0.414. The van der Waals surface area contributed by atoms with Gasteiger partial charge in [0.2, 0.25) is 0 Å². The first-order valence-electron chi connectivity index (χ1n) is 5.49. The van der Waals surface area contributed by atoms with E-state index in [-0.39, 0.29) is 0 Å². The normalized spacial score (nSPS) is 10.2. The predicted molar refractivity (Wildman–Crippen MR) is 67.8 cm³/mol. The number of nitrogens with zero attached hydrogens (tertiary/aromatic N) is 2. The zero-order valence-corrected chi connectivity index (χ0v) is 9.97. The summed E-state index contributed by atoms with van der Waals surface area (Å²) in [5.74, 6) is 1.24. The topological polar surface area (TPSA) is 61.0 Å². The third-order valence-electron chi connectivity index (χ3n) is 2.60. The minimum absolute atomic E-state index is 0.499. The average Bonchev–Trinajstić information content (AvgIpc) is 2.38. The van der Waals surface area contributed by atoms with Gasteiger partial charge in [-0.15, -0.1) is 0 Å². The van der Waals surface area contributed by atoms with E-state index in [2.05, 4.69) is 16.9 Å². The van der Waals surface area contributed by atoms with Gasteiger partial charge in [0.25, 0.3) is 0 Å². The van der Waals surface area contributed by atoms with Gasteiger partial charge in [-0.1, -0.05) is 6.92 Å². The second-order valence-corrected chi connectivity index (χ2v) is 3.70. The summed E-state index contributed by atoms with van der Waals surface area (Å²) >= 11 is 0. The molecule has 2 N–H and O–H groups in total. The number of hydrogen-bond donors (Lipinski definition) is 1. The van der Waals surface area contributed by atoms with E-state index in [1.165, 1.54) is 0 Å². The fourth-order valence-corrected chi connectivity index (χ4v) is 1.68. The molecule has 0 spiro atoms. The van der Waals surface area contributed by atoms with Gasteiger partial charge in [0.05, 0.1) is 13.3 Å². The maximum Gasteiger partial charge on any atom is 0.144 e. The molecule has 4 nitrogen and oxygen atoms in total. The van der Waals surface area contributed by atoms with Crippen LogP contribution in [0.15, 0.2) is 30.6 Å². The monoisotopic (exact) mass is 229 g/mol. The Labute approximate surface area is 100 Å². The van der Waals surface area contributed by atoms with E-state index >= 15 is 0 Å². The van der Waals surface area contributed by atoms with E-state index in [1.54, 1.807) is 19.5 Å². The molecular weight excluding hydrogens is 214 g/mol. The van der Waals surface area contributed by atoms with Gasteiger partial charge in [0, 0.05) is 17.5 Å². The molecule has 2 rings (SSSR count). The molecule has 88 valence electrons. The highest BCUT2D eigenvalue weighted by molar-refractivity contribution is 5.71.